The highest BCUT2D eigenvalue weighted by atomic mass is 35.5. The lowest BCUT2D eigenvalue weighted by Crippen LogP contribution is -2.48. The minimum absolute atomic E-state index is 0.444. The molecule has 0 fully saturated rings. The van der Waals surface area contributed by atoms with Crippen LogP contribution in [0, 0.1) is 0 Å². The van der Waals surface area contributed by atoms with Crippen LogP contribution in [0.2, 0.25) is 0 Å². The van der Waals surface area contributed by atoms with Gasteiger partial charge in [0.15, 0.2) is 5.82 Å². The zero-order valence-electron chi connectivity index (χ0n) is 10.9. The van der Waals surface area contributed by atoms with Crippen LogP contribution in [0.1, 0.15) is 13.3 Å². The first kappa shape index (κ1) is 20.0. The summed E-state index contributed by atoms with van der Waals surface area (Å²) >= 11 is 5.69. The highest BCUT2D eigenvalue weighted by Crippen LogP contribution is 2.39. The Hall–Kier alpha value is -1.02. The van der Waals surface area contributed by atoms with Crippen LogP contribution in [-0.2, 0) is 20.0 Å². The minimum atomic E-state index is -6.92. The van der Waals surface area contributed by atoms with Gasteiger partial charge in [0.05, 0.1) is 4.87 Å². The topological polar surface area (TPSA) is 83.9 Å². The molecule has 1 heterocycles. The van der Waals surface area contributed by atoms with Crippen LogP contribution in [0.5, 0.6) is 0 Å². The smallest absolute Gasteiger partial charge is 0.240 e. The molecule has 0 saturated carbocycles. The van der Waals surface area contributed by atoms with Gasteiger partial charge in [-0.3, -0.25) is 0 Å². The van der Waals surface area contributed by atoms with E-state index in [4.69, 9.17) is 11.6 Å². The Morgan fingerprint density at radius 1 is 1.09 bits per heavy atom. The number of allylic oxidation sites excluding steroid dienone is 1. The summed E-state index contributed by atoms with van der Waals surface area (Å²) in [5.41, 5.74) is -12.6. The van der Waals surface area contributed by atoms with Crippen LogP contribution in [0.25, 0.3) is 0 Å². The molecule has 0 unspecified atom stereocenters. The Morgan fingerprint density at radius 2 is 1.48 bits per heavy atom. The molecule has 0 bridgehead atoms. The van der Waals surface area contributed by atoms with Crippen LogP contribution in [0.3, 0.4) is 0 Å². The fraction of sp³-hybridized carbons (Fsp3) is 0.625. The molecule has 0 radical (unpaired) electrons. The fourth-order valence-electron chi connectivity index (χ4n) is 1.28. The maximum atomic E-state index is 12.5. The number of hydrogen-bond acceptors (Lipinski definition) is 5. The van der Waals surface area contributed by atoms with Crippen molar-refractivity contribution >= 4 is 37.9 Å². The Morgan fingerprint density at radius 3 is 1.74 bits per heavy atom. The summed E-state index contributed by atoms with van der Waals surface area (Å²) in [6.45, 7) is 1.27. The third-order valence-electron chi connectivity index (χ3n) is 2.36. The predicted molar refractivity (Wildman–Crippen MR) is 67.2 cm³/mol. The van der Waals surface area contributed by atoms with Gasteiger partial charge in [-0.2, -0.15) is 43.2 Å². The van der Waals surface area contributed by atoms with Gasteiger partial charge >= 0.3 is 31.1 Å². The van der Waals surface area contributed by atoms with E-state index in [1.165, 1.54) is 6.92 Å². The first-order valence-corrected chi connectivity index (χ1v) is 8.57. The summed E-state index contributed by atoms with van der Waals surface area (Å²) in [6, 6.07) is 0. The molecule has 1 rings (SSSR count). The second-order valence-corrected chi connectivity index (χ2v) is 9.05. The van der Waals surface area contributed by atoms with Crippen molar-refractivity contribution in [2.75, 3.05) is 0 Å². The van der Waals surface area contributed by atoms with Crippen molar-refractivity contribution < 1.29 is 43.2 Å². The Labute approximate surface area is 131 Å². The molecule has 0 aromatic rings. The Bertz CT molecular complexity index is 706. The lowest BCUT2D eigenvalue weighted by atomic mass is 10.1. The molecular formula is C8H7ClF6N2O4S2. The van der Waals surface area contributed by atoms with E-state index in [0.717, 1.165) is 0 Å². The lowest BCUT2D eigenvalue weighted by molar-refractivity contribution is -0.0521. The molecule has 0 spiro atoms. The van der Waals surface area contributed by atoms with Gasteiger partial charge in [-0.15, -0.1) is 15.3 Å². The van der Waals surface area contributed by atoms with Gasteiger partial charge in [0.25, 0.3) is 0 Å². The van der Waals surface area contributed by atoms with E-state index >= 15 is 0 Å². The van der Waals surface area contributed by atoms with Crippen molar-refractivity contribution in [1.29, 1.82) is 0 Å². The zero-order valence-corrected chi connectivity index (χ0v) is 13.2. The van der Waals surface area contributed by atoms with E-state index < -0.39 is 51.9 Å². The van der Waals surface area contributed by atoms with Gasteiger partial charge < -0.3 is 0 Å². The van der Waals surface area contributed by atoms with Gasteiger partial charge in [0.1, 0.15) is 0 Å². The normalized spacial score (nSPS) is 23.6. The molecule has 15 heteroatoms. The van der Waals surface area contributed by atoms with E-state index in [0.29, 0.717) is 12.3 Å². The zero-order chi connectivity index (χ0) is 18.5. The monoisotopic (exact) mass is 408 g/mol. The molecular weight excluding hydrogens is 402 g/mol. The number of halogens is 7. The molecule has 1 atom stereocenters. The van der Waals surface area contributed by atoms with Crippen LogP contribution in [0.15, 0.2) is 16.9 Å². The van der Waals surface area contributed by atoms with Gasteiger partial charge in [-0.05, 0) is 19.4 Å². The van der Waals surface area contributed by atoms with Crippen molar-refractivity contribution in [1.82, 2.24) is 3.71 Å². The van der Waals surface area contributed by atoms with Crippen molar-refractivity contribution in [2.45, 2.75) is 29.2 Å². The summed E-state index contributed by atoms with van der Waals surface area (Å²) in [6.07, 6.45) is 0.624. The third-order valence-corrected chi connectivity index (χ3v) is 6.21. The Kier molecular flexibility index (Phi) is 4.80. The maximum absolute atomic E-state index is 12.5. The predicted octanol–water partition coefficient (Wildman–Crippen LogP) is 2.30. The third kappa shape index (κ3) is 3.74. The molecule has 0 aromatic heterocycles. The summed E-state index contributed by atoms with van der Waals surface area (Å²) in [5, 5.41) is 0. The largest absolute Gasteiger partial charge is 0.517 e. The van der Waals surface area contributed by atoms with Gasteiger partial charge in [0.2, 0.25) is 0 Å². The van der Waals surface area contributed by atoms with Crippen molar-refractivity contribution in [2.24, 2.45) is 4.99 Å². The van der Waals surface area contributed by atoms with Crippen molar-refractivity contribution in [3.63, 3.8) is 0 Å². The first-order valence-electron chi connectivity index (χ1n) is 5.31. The van der Waals surface area contributed by atoms with E-state index in [2.05, 4.69) is 4.99 Å². The van der Waals surface area contributed by atoms with Crippen LogP contribution < -0.4 is 0 Å². The van der Waals surface area contributed by atoms with E-state index in [1.807, 2.05) is 0 Å². The Balaban J connectivity index is 3.62. The van der Waals surface area contributed by atoms with Gasteiger partial charge in [-0.1, -0.05) is 0 Å². The van der Waals surface area contributed by atoms with E-state index in [-0.39, 0.29) is 0 Å². The molecule has 0 saturated heterocycles. The quantitative estimate of drug-likeness (QED) is 0.530. The number of rotatable bonds is 3. The maximum Gasteiger partial charge on any atom is 0.517 e. The summed E-state index contributed by atoms with van der Waals surface area (Å²) in [4.78, 5) is 1.69. The number of sulfonamides is 2. The number of nitrogens with zero attached hydrogens (tertiary/aromatic N) is 2. The molecule has 0 aliphatic carbocycles. The second kappa shape index (κ2) is 5.51. The summed E-state index contributed by atoms with van der Waals surface area (Å²) in [7, 11) is -13.8. The highest BCUT2D eigenvalue weighted by molar-refractivity contribution is 8.05. The van der Waals surface area contributed by atoms with Crippen molar-refractivity contribution in [3.05, 3.63) is 11.9 Å². The van der Waals surface area contributed by atoms with Gasteiger partial charge in [-0.25, -0.2) is 4.99 Å². The molecule has 1 aliphatic heterocycles. The fourth-order valence-corrected chi connectivity index (χ4v) is 4.06. The lowest BCUT2D eigenvalue weighted by Gasteiger charge is -2.28. The standard InChI is InChI=1S/C8H7ClF6N2O4S2/c1-6(9)3-2-5(16-4-6)17(22(18,19)7(10,11)12)23(20,21)8(13,14)15/h2,4H,3H2,1H3/t6-/m1/s1. The number of aliphatic imine (C=N–C) groups is 1. The molecule has 0 amide bonds. The van der Waals surface area contributed by atoms with Crippen molar-refractivity contribution in [3.8, 4) is 0 Å². The molecule has 0 N–H and O–H groups in total. The minimum Gasteiger partial charge on any atom is -0.240 e. The number of hydrogen-bond donors (Lipinski definition) is 0. The van der Waals surface area contributed by atoms with Gasteiger partial charge in [0, 0.05) is 6.21 Å². The molecule has 134 valence electrons. The number of alkyl halides is 7. The second-order valence-electron chi connectivity index (χ2n) is 4.40. The molecule has 1 aliphatic rings. The average Bonchev–Trinajstić information content (AvgIpc) is 2.28. The van der Waals surface area contributed by atoms with Crippen LogP contribution in [0.4, 0.5) is 26.3 Å². The average molecular weight is 409 g/mol. The molecule has 6 nitrogen and oxygen atoms in total. The summed E-state index contributed by atoms with van der Waals surface area (Å²) < 4.78 is 119. The van der Waals surface area contributed by atoms with E-state index in [9.17, 15) is 43.2 Å². The molecule has 0 aromatic carbocycles. The SMILES string of the molecule is C[C@]1(Cl)C=NC(N(S(=O)(=O)C(F)(F)F)S(=O)(=O)C(F)(F)F)=CC1. The first-order chi connectivity index (χ1) is 9.93. The summed E-state index contributed by atoms with van der Waals surface area (Å²) in [5.74, 6) is -1.57. The highest BCUT2D eigenvalue weighted by Gasteiger charge is 2.62. The van der Waals surface area contributed by atoms with E-state index in [1.54, 1.807) is 0 Å². The van der Waals surface area contributed by atoms with Crippen LogP contribution in [-0.4, -0.2) is 42.7 Å². The van der Waals surface area contributed by atoms with Crippen LogP contribution >= 0.6 is 11.6 Å². The molecule has 23 heavy (non-hydrogen) atoms.